The Kier molecular flexibility index (Phi) is 4.81. The highest BCUT2D eigenvalue weighted by Gasteiger charge is 2.23. The normalized spacial score (nSPS) is 20.7. The summed E-state index contributed by atoms with van der Waals surface area (Å²) in [5.41, 5.74) is 1.06. The van der Waals surface area contributed by atoms with Crippen molar-refractivity contribution in [3.63, 3.8) is 0 Å². The largest absolute Gasteiger partial charge is 0.298 e. The standard InChI is InChI=1S/C13H18Cl2N2S/c1-13(2)3-4-17(5-6-18-13)9-10-8-16-12(15)7-11(10)14/h7-8H,3-6,9H2,1-2H3. The smallest absolute Gasteiger partial charge is 0.130 e. The van der Waals surface area contributed by atoms with Gasteiger partial charge in [-0.25, -0.2) is 4.98 Å². The van der Waals surface area contributed by atoms with Crippen molar-refractivity contribution in [3.8, 4) is 0 Å². The van der Waals surface area contributed by atoms with Crippen molar-refractivity contribution >= 4 is 35.0 Å². The fraction of sp³-hybridized carbons (Fsp3) is 0.615. The van der Waals surface area contributed by atoms with Crippen molar-refractivity contribution in [2.45, 2.75) is 31.6 Å². The molecule has 2 heterocycles. The van der Waals surface area contributed by atoms with Crippen molar-refractivity contribution in [2.75, 3.05) is 18.8 Å². The summed E-state index contributed by atoms with van der Waals surface area (Å²) < 4.78 is 0.386. The summed E-state index contributed by atoms with van der Waals surface area (Å²) in [6, 6.07) is 1.72. The van der Waals surface area contributed by atoms with Gasteiger partial charge in [-0.2, -0.15) is 11.8 Å². The van der Waals surface area contributed by atoms with Gasteiger partial charge in [-0.1, -0.05) is 37.0 Å². The summed E-state index contributed by atoms with van der Waals surface area (Å²) in [4.78, 5) is 6.55. The second-order valence-electron chi connectivity index (χ2n) is 5.23. The molecule has 100 valence electrons. The lowest BCUT2D eigenvalue weighted by Gasteiger charge is -2.22. The molecule has 0 unspecified atom stereocenters. The van der Waals surface area contributed by atoms with E-state index in [-0.39, 0.29) is 0 Å². The molecule has 1 saturated heterocycles. The van der Waals surface area contributed by atoms with Crippen LogP contribution in [0, 0.1) is 0 Å². The van der Waals surface area contributed by atoms with Crippen LogP contribution < -0.4 is 0 Å². The van der Waals surface area contributed by atoms with Gasteiger partial charge in [0, 0.05) is 40.4 Å². The molecule has 0 aliphatic carbocycles. The molecular weight excluding hydrogens is 287 g/mol. The third kappa shape index (κ3) is 4.02. The lowest BCUT2D eigenvalue weighted by molar-refractivity contribution is 0.276. The Morgan fingerprint density at radius 3 is 2.89 bits per heavy atom. The van der Waals surface area contributed by atoms with Crippen molar-refractivity contribution in [1.82, 2.24) is 9.88 Å². The maximum absolute atomic E-state index is 6.19. The summed E-state index contributed by atoms with van der Waals surface area (Å²) in [5.74, 6) is 1.17. The summed E-state index contributed by atoms with van der Waals surface area (Å²) in [6.07, 6.45) is 2.99. The monoisotopic (exact) mass is 304 g/mol. The average molecular weight is 305 g/mol. The topological polar surface area (TPSA) is 16.1 Å². The Morgan fingerprint density at radius 2 is 2.17 bits per heavy atom. The first kappa shape index (κ1) is 14.4. The Bertz CT molecular complexity index is 423. The molecule has 0 aromatic carbocycles. The molecule has 0 spiro atoms. The molecule has 5 heteroatoms. The number of halogens is 2. The molecular formula is C13H18Cl2N2S. The zero-order chi connectivity index (χ0) is 13.2. The van der Waals surface area contributed by atoms with Crippen LogP contribution in [-0.2, 0) is 6.54 Å². The molecule has 0 radical (unpaired) electrons. The summed E-state index contributed by atoms with van der Waals surface area (Å²) in [6.45, 7) is 7.71. The van der Waals surface area contributed by atoms with Crippen LogP contribution in [-0.4, -0.2) is 33.5 Å². The van der Waals surface area contributed by atoms with Crippen molar-refractivity contribution in [3.05, 3.63) is 28.0 Å². The highest BCUT2D eigenvalue weighted by Crippen LogP contribution is 2.31. The van der Waals surface area contributed by atoms with Crippen LogP contribution in [0.2, 0.25) is 10.2 Å². The Labute approximate surface area is 123 Å². The minimum absolute atomic E-state index is 0.386. The molecule has 1 aliphatic heterocycles. The number of hydrogen-bond acceptors (Lipinski definition) is 3. The van der Waals surface area contributed by atoms with Crippen LogP contribution in [0.25, 0.3) is 0 Å². The quantitative estimate of drug-likeness (QED) is 0.765. The van der Waals surface area contributed by atoms with Gasteiger partial charge < -0.3 is 0 Å². The molecule has 0 N–H and O–H groups in total. The minimum Gasteiger partial charge on any atom is -0.298 e. The first-order valence-corrected chi connectivity index (χ1v) is 7.87. The van der Waals surface area contributed by atoms with E-state index in [1.165, 1.54) is 12.2 Å². The molecule has 0 amide bonds. The highest BCUT2D eigenvalue weighted by molar-refractivity contribution is 8.00. The third-order valence-corrected chi connectivity index (χ3v) is 5.15. The van der Waals surface area contributed by atoms with E-state index < -0.39 is 0 Å². The van der Waals surface area contributed by atoms with Gasteiger partial charge >= 0.3 is 0 Å². The number of nitrogens with zero attached hydrogens (tertiary/aromatic N) is 2. The van der Waals surface area contributed by atoms with Crippen LogP contribution >= 0.6 is 35.0 Å². The molecule has 2 nitrogen and oxygen atoms in total. The van der Waals surface area contributed by atoms with Crippen LogP contribution in [0.3, 0.4) is 0 Å². The van der Waals surface area contributed by atoms with Crippen molar-refractivity contribution in [1.29, 1.82) is 0 Å². The van der Waals surface area contributed by atoms with E-state index >= 15 is 0 Å². The van der Waals surface area contributed by atoms with Gasteiger partial charge in [0.15, 0.2) is 0 Å². The van der Waals surface area contributed by atoms with E-state index in [1.807, 2.05) is 0 Å². The lowest BCUT2D eigenvalue weighted by Crippen LogP contribution is -2.27. The van der Waals surface area contributed by atoms with E-state index in [9.17, 15) is 0 Å². The first-order chi connectivity index (χ1) is 8.46. The Hall–Kier alpha value is 0.0400. The van der Waals surface area contributed by atoms with Crippen molar-refractivity contribution in [2.24, 2.45) is 0 Å². The first-order valence-electron chi connectivity index (χ1n) is 6.12. The van der Waals surface area contributed by atoms with Gasteiger partial charge in [0.1, 0.15) is 5.15 Å². The molecule has 1 aromatic rings. The number of rotatable bonds is 2. The zero-order valence-electron chi connectivity index (χ0n) is 10.7. The Morgan fingerprint density at radius 1 is 1.39 bits per heavy atom. The number of aromatic nitrogens is 1. The number of thioether (sulfide) groups is 1. The fourth-order valence-corrected chi connectivity index (χ4v) is 3.58. The maximum atomic E-state index is 6.19. The average Bonchev–Trinajstić information content (AvgIpc) is 2.44. The van der Waals surface area contributed by atoms with Crippen LogP contribution in [0.1, 0.15) is 25.8 Å². The van der Waals surface area contributed by atoms with E-state index in [4.69, 9.17) is 23.2 Å². The number of hydrogen-bond donors (Lipinski definition) is 0. The summed E-state index contributed by atoms with van der Waals surface area (Å²) in [7, 11) is 0. The van der Waals surface area contributed by atoms with Crippen molar-refractivity contribution < 1.29 is 0 Å². The van der Waals surface area contributed by atoms with Gasteiger partial charge in [-0.05, 0) is 19.0 Å². The van der Waals surface area contributed by atoms with Gasteiger partial charge in [0.05, 0.1) is 0 Å². The third-order valence-electron chi connectivity index (χ3n) is 3.22. The van der Waals surface area contributed by atoms with Gasteiger partial charge in [-0.15, -0.1) is 0 Å². The molecule has 2 rings (SSSR count). The predicted octanol–water partition coefficient (Wildman–Crippen LogP) is 4.11. The summed E-state index contributed by atoms with van der Waals surface area (Å²) >= 11 is 14.1. The molecule has 0 atom stereocenters. The van der Waals surface area contributed by atoms with E-state index in [1.54, 1.807) is 12.3 Å². The van der Waals surface area contributed by atoms with Crippen LogP contribution in [0.5, 0.6) is 0 Å². The number of pyridine rings is 1. The summed E-state index contributed by atoms with van der Waals surface area (Å²) in [5, 5.41) is 1.17. The van der Waals surface area contributed by atoms with Gasteiger partial charge in [-0.3, -0.25) is 4.90 Å². The van der Waals surface area contributed by atoms with E-state index in [0.717, 1.165) is 25.2 Å². The highest BCUT2D eigenvalue weighted by atomic mass is 35.5. The van der Waals surface area contributed by atoms with Crippen LogP contribution in [0.4, 0.5) is 0 Å². The minimum atomic E-state index is 0.386. The zero-order valence-corrected chi connectivity index (χ0v) is 13.1. The maximum Gasteiger partial charge on any atom is 0.130 e. The molecule has 0 bridgehead atoms. The lowest BCUT2D eigenvalue weighted by atomic mass is 10.1. The van der Waals surface area contributed by atoms with Gasteiger partial charge in [0.2, 0.25) is 0 Å². The van der Waals surface area contributed by atoms with E-state index in [2.05, 4.69) is 35.5 Å². The predicted molar refractivity (Wildman–Crippen MR) is 80.7 cm³/mol. The molecule has 0 saturated carbocycles. The second-order valence-corrected chi connectivity index (χ2v) is 7.83. The Balaban J connectivity index is 2.01. The second kappa shape index (κ2) is 6.00. The molecule has 1 aromatic heterocycles. The molecule has 1 aliphatic rings. The fourth-order valence-electron chi connectivity index (χ4n) is 2.01. The SMILES string of the molecule is CC1(C)CCN(Cc2cnc(Cl)cc2Cl)CCS1. The molecule has 18 heavy (non-hydrogen) atoms. The van der Waals surface area contributed by atoms with E-state index in [0.29, 0.717) is 14.9 Å². The van der Waals surface area contributed by atoms with Crippen LogP contribution in [0.15, 0.2) is 12.3 Å². The molecule has 1 fully saturated rings. The van der Waals surface area contributed by atoms with Gasteiger partial charge in [0.25, 0.3) is 0 Å².